The Balaban J connectivity index is 0.00000169. The standard InChI is InChI=1S/C8H11NO3S.Na/c9-6-7-12-13(10,11)8-4-2-1-3-5-8;/h1-5H,6-7,9H2;. The predicted molar refractivity (Wildman–Crippen MR) is 54.4 cm³/mol. The number of benzene rings is 1. The third-order valence-corrected chi connectivity index (χ3v) is 2.71. The molecule has 0 amide bonds. The average molecular weight is 224 g/mol. The van der Waals surface area contributed by atoms with E-state index in [0.717, 1.165) is 0 Å². The smallest absolute Gasteiger partial charge is 0.297 e. The summed E-state index contributed by atoms with van der Waals surface area (Å²) in [5.41, 5.74) is 5.12. The summed E-state index contributed by atoms with van der Waals surface area (Å²) >= 11 is 0. The van der Waals surface area contributed by atoms with Gasteiger partial charge in [-0.25, -0.2) is 0 Å². The van der Waals surface area contributed by atoms with E-state index in [2.05, 4.69) is 4.18 Å². The molecule has 1 rings (SSSR count). The fourth-order valence-corrected chi connectivity index (χ4v) is 1.76. The second-order valence-corrected chi connectivity index (χ2v) is 3.99. The molecular weight excluding hydrogens is 213 g/mol. The minimum absolute atomic E-state index is 0. The van der Waals surface area contributed by atoms with Gasteiger partial charge in [-0.05, 0) is 12.1 Å². The quantitative estimate of drug-likeness (QED) is 0.576. The van der Waals surface area contributed by atoms with Gasteiger partial charge in [-0.3, -0.25) is 4.18 Å². The Labute approximate surface area is 106 Å². The van der Waals surface area contributed by atoms with E-state index in [1.165, 1.54) is 12.1 Å². The van der Waals surface area contributed by atoms with Gasteiger partial charge in [-0.15, -0.1) is 0 Å². The molecule has 0 saturated carbocycles. The van der Waals surface area contributed by atoms with Gasteiger partial charge in [0.05, 0.1) is 11.5 Å². The Morgan fingerprint density at radius 3 is 2.29 bits per heavy atom. The van der Waals surface area contributed by atoms with Crippen molar-refractivity contribution in [3.05, 3.63) is 30.3 Å². The van der Waals surface area contributed by atoms with E-state index in [0.29, 0.717) is 0 Å². The zero-order chi connectivity index (χ0) is 9.73. The molecule has 0 aliphatic heterocycles. The summed E-state index contributed by atoms with van der Waals surface area (Å²) in [5, 5.41) is 0. The molecule has 1 aromatic rings. The van der Waals surface area contributed by atoms with Gasteiger partial charge in [0.15, 0.2) is 0 Å². The topological polar surface area (TPSA) is 69.4 Å². The Morgan fingerprint density at radius 2 is 1.79 bits per heavy atom. The van der Waals surface area contributed by atoms with Crippen molar-refractivity contribution in [1.82, 2.24) is 0 Å². The zero-order valence-electron chi connectivity index (χ0n) is 8.01. The van der Waals surface area contributed by atoms with Crippen LogP contribution in [0.3, 0.4) is 0 Å². The van der Waals surface area contributed by atoms with Crippen LogP contribution in [0.4, 0.5) is 0 Å². The molecule has 0 unspecified atom stereocenters. The van der Waals surface area contributed by atoms with E-state index in [4.69, 9.17) is 5.73 Å². The first-order valence-electron chi connectivity index (χ1n) is 3.81. The van der Waals surface area contributed by atoms with Crippen LogP contribution in [0.5, 0.6) is 0 Å². The summed E-state index contributed by atoms with van der Waals surface area (Å²) in [6, 6.07) is 7.97. The van der Waals surface area contributed by atoms with Crippen LogP contribution in [0.25, 0.3) is 0 Å². The maximum atomic E-state index is 11.3. The second kappa shape index (κ2) is 6.55. The van der Waals surface area contributed by atoms with Crippen LogP contribution >= 0.6 is 0 Å². The summed E-state index contributed by atoms with van der Waals surface area (Å²) in [5.74, 6) is 0. The van der Waals surface area contributed by atoms with Crippen LogP contribution in [0.2, 0.25) is 0 Å². The van der Waals surface area contributed by atoms with E-state index in [1.54, 1.807) is 18.2 Å². The molecule has 2 N–H and O–H groups in total. The molecule has 0 spiro atoms. The Hall–Kier alpha value is 0.0900. The van der Waals surface area contributed by atoms with Gasteiger partial charge < -0.3 is 5.73 Å². The van der Waals surface area contributed by atoms with Crippen molar-refractivity contribution < 1.29 is 12.6 Å². The van der Waals surface area contributed by atoms with E-state index >= 15 is 0 Å². The van der Waals surface area contributed by atoms with Crippen LogP contribution in [-0.4, -0.2) is 51.1 Å². The maximum Gasteiger partial charge on any atom is 0.297 e. The molecule has 0 aliphatic rings. The average Bonchev–Trinajstić information content (AvgIpc) is 2.16. The third-order valence-electron chi connectivity index (χ3n) is 1.39. The molecule has 4 nitrogen and oxygen atoms in total. The van der Waals surface area contributed by atoms with Gasteiger partial charge in [0.1, 0.15) is 0 Å². The van der Waals surface area contributed by atoms with Crippen molar-refractivity contribution in [3.63, 3.8) is 0 Å². The van der Waals surface area contributed by atoms with Gasteiger partial charge in [0.2, 0.25) is 0 Å². The Bertz CT molecular complexity index is 352. The molecule has 73 valence electrons. The SMILES string of the molecule is NCCOS(=O)(=O)c1ccccc1.[Na]. The van der Waals surface area contributed by atoms with Crippen LogP contribution in [0.1, 0.15) is 0 Å². The first-order chi connectivity index (χ1) is 6.17. The van der Waals surface area contributed by atoms with Crippen molar-refractivity contribution >= 4 is 39.7 Å². The molecule has 1 aromatic carbocycles. The van der Waals surface area contributed by atoms with E-state index in [9.17, 15) is 8.42 Å². The molecule has 0 fully saturated rings. The summed E-state index contributed by atoms with van der Waals surface area (Å²) < 4.78 is 27.2. The number of rotatable bonds is 4. The van der Waals surface area contributed by atoms with E-state index < -0.39 is 10.1 Å². The summed E-state index contributed by atoms with van der Waals surface area (Å²) in [6.45, 7) is 0.198. The van der Waals surface area contributed by atoms with Crippen molar-refractivity contribution in [2.45, 2.75) is 4.90 Å². The minimum atomic E-state index is -3.60. The summed E-state index contributed by atoms with van der Waals surface area (Å²) in [6.07, 6.45) is 0. The maximum absolute atomic E-state index is 11.3. The summed E-state index contributed by atoms with van der Waals surface area (Å²) in [7, 11) is -3.60. The molecule has 0 aliphatic carbocycles. The van der Waals surface area contributed by atoms with Crippen LogP contribution in [0, 0.1) is 0 Å². The van der Waals surface area contributed by atoms with Crippen LogP contribution < -0.4 is 5.73 Å². The summed E-state index contributed by atoms with van der Waals surface area (Å²) in [4.78, 5) is 0.156. The molecular formula is C8H11NNaO3S. The number of hydrogen-bond donors (Lipinski definition) is 1. The number of hydrogen-bond acceptors (Lipinski definition) is 4. The largest absolute Gasteiger partial charge is 0.328 e. The second-order valence-electron chi connectivity index (χ2n) is 2.38. The fraction of sp³-hybridized carbons (Fsp3) is 0.250. The van der Waals surface area contributed by atoms with Crippen molar-refractivity contribution in [1.29, 1.82) is 0 Å². The Morgan fingerprint density at radius 1 is 1.21 bits per heavy atom. The van der Waals surface area contributed by atoms with Crippen molar-refractivity contribution in [2.75, 3.05) is 13.2 Å². The fourth-order valence-electron chi connectivity index (χ4n) is 0.813. The molecule has 0 heterocycles. The Kier molecular flexibility index (Phi) is 6.59. The predicted octanol–water partition coefficient (Wildman–Crippen LogP) is -0.0302. The van der Waals surface area contributed by atoms with Crippen molar-refractivity contribution in [3.8, 4) is 0 Å². The van der Waals surface area contributed by atoms with Gasteiger partial charge in [-0.1, -0.05) is 18.2 Å². The molecule has 0 bridgehead atoms. The van der Waals surface area contributed by atoms with Gasteiger partial charge >= 0.3 is 0 Å². The monoisotopic (exact) mass is 224 g/mol. The molecule has 1 radical (unpaired) electrons. The first kappa shape index (κ1) is 14.1. The van der Waals surface area contributed by atoms with E-state index in [1.807, 2.05) is 0 Å². The molecule has 14 heavy (non-hydrogen) atoms. The van der Waals surface area contributed by atoms with E-state index in [-0.39, 0.29) is 47.6 Å². The molecule has 0 atom stereocenters. The third kappa shape index (κ3) is 4.08. The zero-order valence-corrected chi connectivity index (χ0v) is 10.8. The van der Waals surface area contributed by atoms with Gasteiger partial charge in [-0.2, -0.15) is 8.42 Å². The van der Waals surface area contributed by atoms with Crippen LogP contribution in [-0.2, 0) is 14.3 Å². The first-order valence-corrected chi connectivity index (χ1v) is 5.22. The molecule has 0 saturated heterocycles. The number of nitrogens with two attached hydrogens (primary N) is 1. The minimum Gasteiger partial charge on any atom is -0.328 e. The molecule has 0 aromatic heterocycles. The normalized spacial score (nSPS) is 10.6. The molecule has 6 heteroatoms. The van der Waals surface area contributed by atoms with Crippen LogP contribution in [0.15, 0.2) is 35.2 Å². The van der Waals surface area contributed by atoms with Gasteiger partial charge in [0, 0.05) is 36.1 Å². The van der Waals surface area contributed by atoms with Gasteiger partial charge in [0.25, 0.3) is 10.1 Å². The van der Waals surface area contributed by atoms with Crippen molar-refractivity contribution in [2.24, 2.45) is 5.73 Å².